The monoisotopic (exact) mass is 452 g/mol. The molecule has 1 saturated carbocycles. The van der Waals surface area contributed by atoms with E-state index in [2.05, 4.69) is 10.3 Å². The normalized spacial score (nSPS) is 24.3. The third kappa shape index (κ3) is 3.02. The van der Waals surface area contributed by atoms with E-state index < -0.39 is 23.4 Å². The summed E-state index contributed by atoms with van der Waals surface area (Å²) in [6, 6.07) is 7.08. The van der Waals surface area contributed by atoms with Crippen LogP contribution in [0.5, 0.6) is 0 Å². The number of nitrogens with zero attached hydrogens (tertiary/aromatic N) is 3. The first kappa shape index (κ1) is 20.9. The second-order valence-electron chi connectivity index (χ2n) is 8.86. The number of nitrogens with two attached hydrogens (primary N) is 1. The van der Waals surface area contributed by atoms with Crippen molar-refractivity contribution >= 4 is 40.0 Å². The van der Waals surface area contributed by atoms with Gasteiger partial charge in [0.15, 0.2) is 5.13 Å². The molecule has 0 unspecified atom stereocenters. The van der Waals surface area contributed by atoms with Crippen LogP contribution >= 0.6 is 11.3 Å². The highest BCUT2D eigenvalue weighted by Crippen LogP contribution is 2.45. The molecule has 5 rings (SSSR count). The summed E-state index contributed by atoms with van der Waals surface area (Å²) in [5.41, 5.74) is 5.58. The van der Waals surface area contributed by atoms with E-state index in [1.54, 1.807) is 29.9 Å². The summed E-state index contributed by atoms with van der Waals surface area (Å²) in [5, 5.41) is 4.39. The molecule has 9 heteroatoms. The highest BCUT2D eigenvalue weighted by molar-refractivity contribution is 7.15. The molecular weight excluding hydrogens is 426 g/mol. The van der Waals surface area contributed by atoms with Crippen LogP contribution in [-0.2, 0) is 15.0 Å². The molecular formula is C23H26N5O3S. The van der Waals surface area contributed by atoms with Gasteiger partial charge in [-0.1, -0.05) is 18.6 Å². The number of carbonyl (C=O) groups is 3. The number of urea groups is 1. The average molecular weight is 453 g/mol. The first-order valence-electron chi connectivity index (χ1n) is 10.9. The number of anilines is 2. The Hall–Kier alpha value is -2.94. The summed E-state index contributed by atoms with van der Waals surface area (Å²) >= 11 is 1.64. The quantitative estimate of drug-likeness (QED) is 0.517. The van der Waals surface area contributed by atoms with Gasteiger partial charge in [-0.2, -0.15) is 0 Å². The number of hydrogen-bond acceptors (Lipinski definition) is 6. The highest BCUT2D eigenvalue weighted by atomic mass is 32.1. The van der Waals surface area contributed by atoms with Crippen LogP contribution in [0, 0.1) is 13.3 Å². The molecule has 2 aliphatic heterocycles. The molecule has 3 fully saturated rings. The molecule has 0 bridgehead atoms. The summed E-state index contributed by atoms with van der Waals surface area (Å²) in [5.74, 6) is -1.38. The first-order chi connectivity index (χ1) is 15.4. The number of primary amides is 1. The van der Waals surface area contributed by atoms with Crippen molar-refractivity contribution in [3.8, 4) is 0 Å². The van der Waals surface area contributed by atoms with Crippen molar-refractivity contribution in [3.05, 3.63) is 47.3 Å². The zero-order chi connectivity index (χ0) is 22.5. The smallest absolute Gasteiger partial charge is 0.332 e. The van der Waals surface area contributed by atoms with Crippen LogP contribution in [0.2, 0.25) is 0 Å². The lowest BCUT2D eigenvalue weighted by molar-refractivity contribution is -0.136. The number of carbonyl (C=O) groups excluding carboxylic acids is 3. The summed E-state index contributed by atoms with van der Waals surface area (Å²) in [6.45, 7) is 3.16. The number of fused-ring (bicyclic) bond motifs is 1. The maximum atomic E-state index is 13.2. The number of nitrogens with one attached hydrogen (secondary N) is 1. The summed E-state index contributed by atoms with van der Waals surface area (Å²) in [6.07, 6.45) is 8.02. The molecule has 3 heterocycles. The number of hydrogen-bond donors (Lipinski definition) is 2. The van der Waals surface area contributed by atoms with Gasteiger partial charge in [-0.3, -0.25) is 9.59 Å². The Labute approximate surface area is 190 Å². The van der Waals surface area contributed by atoms with Crippen molar-refractivity contribution in [1.29, 1.82) is 0 Å². The molecule has 2 saturated heterocycles. The molecule has 8 nitrogen and oxygen atoms in total. The van der Waals surface area contributed by atoms with Crippen molar-refractivity contribution in [2.75, 3.05) is 23.3 Å². The van der Waals surface area contributed by atoms with E-state index >= 15 is 0 Å². The second-order valence-corrected chi connectivity index (χ2v) is 10.1. The minimum atomic E-state index is -1.67. The Balaban J connectivity index is 1.39. The Kier molecular flexibility index (Phi) is 4.96. The third-order valence-electron chi connectivity index (χ3n) is 7.03. The van der Waals surface area contributed by atoms with Gasteiger partial charge in [-0.25, -0.2) is 14.7 Å². The fourth-order valence-corrected chi connectivity index (χ4v) is 5.72. The van der Waals surface area contributed by atoms with Crippen LogP contribution in [0.25, 0.3) is 0 Å². The fourth-order valence-electron chi connectivity index (χ4n) is 5.06. The number of amides is 4. The first-order valence-corrected chi connectivity index (χ1v) is 11.8. The number of aryl methyl sites for hydroxylation is 1. The highest BCUT2D eigenvalue weighted by Gasteiger charge is 2.62. The van der Waals surface area contributed by atoms with Gasteiger partial charge in [0, 0.05) is 36.0 Å². The summed E-state index contributed by atoms with van der Waals surface area (Å²) in [4.78, 5) is 46.5. The van der Waals surface area contributed by atoms with E-state index in [4.69, 9.17) is 5.73 Å². The Morgan fingerprint density at radius 3 is 2.53 bits per heavy atom. The Bertz CT molecular complexity index is 1080. The van der Waals surface area contributed by atoms with Crippen molar-refractivity contribution < 1.29 is 14.4 Å². The lowest BCUT2D eigenvalue weighted by Crippen LogP contribution is -2.61. The molecule has 0 spiro atoms. The van der Waals surface area contributed by atoms with E-state index in [1.807, 2.05) is 25.3 Å². The lowest BCUT2D eigenvalue weighted by atomic mass is 9.64. The molecule has 1 atom stereocenters. The van der Waals surface area contributed by atoms with Gasteiger partial charge in [0.2, 0.25) is 5.54 Å². The van der Waals surface area contributed by atoms with Crippen LogP contribution in [0.15, 0.2) is 30.5 Å². The maximum absolute atomic E-state index is 13.2. The Morgan fingerprint density at radius 1 is 1.22 bits per heavy atom. The van der Waals surface area contributed by atoms with Gasteiger partial charge >= 0.3 is 6.03 Å². The predicted octanol–water partition coefficient (Wildman–Crippen LogP) is 2.98. The zero-order valence-electron chi connectivity index (χ0n) is 18.0. The van der Waals surface area contributed by atoms with Crippen LogP contribution in [-0.4, -0.2) is 46.4 Å². The van der Waals surface area contributed by atoms with Gasteiger partial charge in [0.1, 0.15) is 0 Å². The van der Waals surface area contributed by atoms with Gasteiger partial charge in [0.05, 0.1) is 5.69 Å². The van der Waals surface area contributed by atoms with E-state index in [9.17, 15) is 14.4 Å². The molecule has 4 amide bonds. The Morgan fingerprint density at radius 2 is 1.97 bits per heavy atom. The van der Waals surface area contributed by atoms with Gasteiger partial charge in [0.25, 0.3) is 11.8 Å². The number of rotatable bonds is 6. The second kappa shape index (κ2) is 7.58. The minimum Gasteiger partial charge on any atom is -0.367 e. The van der Waals surface area contributed by atoms with Gasteiger partial charge in [-0.05, 0) is 50.3 Å². The zero-order valence-corrected chi connectivity index (χ0v) is 18.8. The SMILES string of the molecule is Cc1cnc(NCC2(c3ccc(N4C(=O)N5CCC[CH][C@]5(C(N)=O)C4=O)cc3)CCC2)s1. The number of benzene rings is 1. The summed E-state index contributed by atoms with van der Waals surface area (Å²) in [7, 11) is 0. The van der Waals surface area contributed by atoms with Crippen LogP contribution < -0.4 is 16.0 Å². The number of imide groups is 1. The maximum Gasteiger partial charge on any atom is 0.332 e. The fraction of sp³-hybridized carbons (Fsp3) is 0.435. The molecule has 32 heavy (non-hydrogen) atoms. The molecule has 3 N–H and O–H groups in total. The predicted molar refractivity (Wildman–Crippen MR) is 122 cm³/mol. The van der Waals surface area contributed by atoms with Gasteiger partial charge < -0.3 is 16.0 Å². The van der Waals surface area contributed by atoms with Gasteiger partial charge in [-0.15, -0.1) is 11.3 Å². The van der Waals surface area contributed by atoms with E-state index in [0.29, 0.717) is 25.1 Å². The van der Waals surface area contributed by atoms with Crippen molar-refractivity contribution in [2.45, 2.75) is 50.0 Å². The summed E-state index contributed by atoms with van der Waals surface area (Å²) < 4.78 is 0. The van der Waals surface area contributed by atoms with Crippen molar-refractivity contribution in [3.63, 3.8) is 0 Å². The number of thiazole rings is 1. The van der Waals surface area contributed by atoms with E-state index in [1.165, 1.54) is 15.3 Å². The molecule has 2 aromatic rings. The molecule has 167 valence electrons. The van der Waals surface area contributed by atoms with E-state index in [-0.39, 0.29) is 5.41 Å². The largest absolute Gasteiger partial charge is 0.367 e. The van der Waals surface area contributed by atoms with Crippen molar-refractivity contribution in [2.24, 2.45) is 5.73 Å². The third-order valence-corrected chi connectivity index (χ3v) is 7.90. The lowest BCUT2D eigenvalue weighted by Gasteiger charge is -2.42. The topological polar surface area (TPSA) is 109 Å². The van der Waals surface area contributed by atoms with Crippen molar-refractivity contribution in [1.82, 2.24) is 9.88 Å². The van der Waals surface area contributed by atoms with Crippen LogP contribution in [0.4, 0.5) is 15.6 Å². The van der Waals surface area contributed by atoms with Crippen LogP contribution in [0.3, 0.4) is 0 Å². The molecule has 3 aliphatic rings. The number of piperidine rings is 1. The minimum absolute atomic E-state index is 0.0108. The molecule has 1 radical (unpaired) electrons. The average Bonchev–Trinajstić information content (AvgIpc) is 3.27. The molecule has 1 aromatic carbocycles. The molecule has 1 aliphatic carbocycles. The van der Waals surface area contributed by atoms with E-state index in [0.717, 1.165) is 35.8 Å². The number of aromatic nitrogens is 1. The standard InChI is InChI=1S/C23H26N5O3S/c1-15-13-25-20(32-15)26-14-22(9-4-10-22)16-5-7-17(8-6-16)28-19(30)23(18(24)29)11-2-3-12-27(23)21(28)31/h5-8,11,13H,2-4,9-10,12,14H2,1H3,(H2,24,29)(H,25,26)/t23-/m0/s1. The molecule has 1 aromatic heterocycles. The van der Waals surface area contributed by atoms with Crippen LogP contribution in [0.1, 0.15) is 42.5 Å².